The van der Waals surface area contributed by atoms with E-state index < -0.39 is 6.04 Å². The summed E-state index contributed by atoms with van der Waals surface area (Å²) in [5.74, 6) is 2.62. The summed E-state index contributed by atoms with van der Waals surface area (Å²) in [7, 11) is 0. The normalized spacial score (nSPS) is 28.0. The van der Waals surface area contributed by atoms with E-state index in [0.717, 1.165) is 23.4 Å². The molecule has 4 saturated carbocycles. The Balaban J connectivity index is 1.24. The Morgan fingerprint density at radius 3 is 2.18 bits per heavy atom. The van der Waals surface area contributed by atoms with Crippen LogP contribution in [0.2, 0.25) is 0 Å². The van der Waals surface area contributed by atoms with Gasteiger partial charge in [-0.2, -0.15) is 0 Å². The zero-order chi connectivity index (χ0) is 23.7. The number of hydrogen-bond acceptors (Lipinski definition) is 3. The summed E-state index contributed by atoms with van der Waals surface area (Å²) in [5, 5.41) is 5.91. The Morgan fingerprint density at radius 1 is 0.971 bits per heavy atom. The maximum absolute atomic E-state index is 13.1. The standard InChI is InChI=1S/C29H37N3O2/c1-19(2)11-26(28(34)31-18-25-5-3-4-10-30-25)32-27(33)23-6-8-24(9-7-23)29-15-20-12-21(16-29)14-22(13-20)17-29/h3-10,19-22,26H,11-18H2,1-2H3,(H,31,34)(H,32,33)/t20?,21?,22?,26-,29?/m0/s1. The Labute approximate surface area is 203 Å². The van der Waals surface area contributed by atoms with E-state index in [9.17, 15) is 9.59 Å². The molecule has 34 heavy (non-hydrogen) atoms. The third-order valence-corrected chi connectivity index (χ3v) is 8.30. The summed E-state index contributed by atoms with van der Waals surface area (Å²) < 4.78 is 0. The van der Waals surface area contributed by atoms with E-state index in [1.807, 2.05) is 30.3 Å². The molecule has 4 bridgehead atoms. The van der Waals surface area contributed by atoms with E-state index in [-0.39, 0.29) is 17.7 Å². The summed E-state index contributed by atoms with van der Waals surface area (Å²) in [6.45, 7) is 4.47. The molecule has 0 radical (unpaired) electrons. The number of aromatic nitrogens is 1. The maximum Gasteiger partial charge on any atom is 0.251 e. The monoisotopic (exact) mass is 459 g/mol. The van der Waals surface area contributed by atoms with Gasteiger partial charge >= 0.3 is 0 Å². The Hall–Kier alpha value is -2.69. The second-order valence-corrected chi connectivity index (χ2v) is 11.5. The van der Waals surface area contributed by atoms with Crippen molar-refractivity contribution >= 4 is 11.8 Å². The molecule has 5 heteroatoms. The number of hydrogen-bond donors (Lipinski definition) is 2. The molecule has 0 spiro atoms. The van der Waals surface area contributed by atoms with Crippen molar-refractivity contribution in [2.24, 2.45) is 23.7 Å². The number of pyridine rings is 1. The SMILES string of the molecule is CC(C)C[C@H](NC(=O)c1ccc(C23CC4CC(CC(C4)C2)C3)cc1)C(=O)NCc1ccccn1. The molecule has 4 aliphatic carbocycles. The van der Waals surface area contributed by atoms with Gasteiger partial charge in [-0.25, -0.2) is 0 Å². The van der Waals surface area contributed by atoms with E-state index in [4.69, 9.17) is 0 Å². The molecule has 1 aromatic carbocycles. The molecule has 1 atom stereocenters. The number of rotatable bonds is 8. The van der Waals surface area contributed by atoms with Crippen LogP contribution >= 0.6 is 0 Å². The van der Waals surface area contributed by atoms with Crippen molar-refractivity contribution in [3.05, 3.63) is 65.5 Å². The van der Waals surface area contributed by atoms with Crippen molar-refractivity contribution < 1.29 is 9.59 Å². The number of carbonyl (C=O) groups excluding carboxylic acids is 2. The van der Waals surface area contributed by atoms with Crippen LogP contribution in [0.4, 0.5) is 0 Å². The Kier molecular flexibility index (Phi) is 6.46. The fraction of sp³-hybridized carbons (Fsp3) is 0.552. The minimum Gasteiger partial charge on any atom is -0.349 e. The molecule has 4 aliphatic rings. The molecule has 0 saturated heterocycles. The van der Waals surface area contributed by atoms with Gasteiger partial charge in [-0.15, -0.1) is 0 Å². The molecule has 1 heterocycles. The lowest BCUT2D eigenvalue weighted by atomic mass is 9.48. The minimum absolute atomic E-state index is 0.169. The van der Waals surface area contributed by atoms with Gasteiger partial charge in [0.1, 0.15) is 6.04 Å². The fourth-order valence-electron chi connectivity index (χ4n) is 7.19. The lowest BCUT2D eigenvalue weighted by Crippen LogP contribution is -2.48. The van der Waals surface area contributed by atoms with Gasteiger partial charge in [0.15, 0.2) is 0 Å². The van der Waals surface area contributed by atoms with Gasteiger partial charge in [-0.05, 0) is 104 Å². The summed E-state index contributed by atoms with van der Waals surface area (Å²) in [4.78, 5) is 30.2. The number of amides is 2. The summed E-state index contributed by atoms with van der Waals surface area (Å²) in [6, 6.07) is 13.3. The van der Waals surface area contributed by atoms with Gasteiger partial charge in [0.2, 0.25) is 5.91 Å². The molecule has 1 aromatic heterocycles. The zero-order valence-electron chi connectivity index (χ0n) is 20.4. The van der Waals surface area contributed by atoms with Crippen LogP contribution in [0.5, 0.6) is 0 Å². The summed E-state index contributed by atoms with van der Waals surface area (Å²) >= 11 is 0. The second-order valence-electron chi connectivity index (χ2n) is 11.5. The van der Waals surface area contributed by atoms with Crippen molar-refractivity contribution in [3.8, 4) is 0 Å². The average molecular weight is 460 g/mol. The van der Waals surface area contributed by atoms with Crippen molar-refractivity contribution in [2.45, 2.75) is 76.8 Å². The topological polar surface area (TPSA) is 71.1 Å². The molecule has 0 unspecified atom stereocenters. The van der Waals surface area contributed by atoms with Gasteiger partial charge in [-0.3, -0.25) is 14.6 Å². The summed E-state index contributed by atoms with van der Waals surface area (Å²) in [5.41, 5.74) is 3.16. The minimum atomic E-state index is -0.570. The van der Waals surface area contributed by atoms with Crippen molar-refractivity contribution in [1.29, 1.82) is 0 Å². The first kappa shape index (κ1) is 23.1. The molecule has 0 aliphatic heterocycles. The quantitative estimate of drug-likeness (QED) is 0.583. The van der Waals surface area contributed by atoms with Crippen LogP contribution in [-0.4, -0.2) is 22.8 Å². The fourth-order valence-corrected chi connectivity index (χ4v) is 7.19. The van der Waals surface area contributed by atoms with Crippen LogP contribution in [0.1, 0.15) is 80.4 Å². The average Bonchev–Trinajstić information content (AvgIpc) is 2.82. The van der Waals surface area contributed by atoms with Crippen molar-refractivity contribution in [3.63, 3.8) is 0 Å². The molecule has 5 nitrogen and oxygen atoms in total. The predicted molar refractivity (Wildman–Crippen MR) is 133 cm³/mol. The highest BCUT2D eigenvalue weighted by Crippen LogP contribution is 2.60. The molecule has 2 N–H and O–H groups in total. The smallest absolute Gasteiger partial charge is 0.251 e. The first-order valence-electron chi connectivity index (χ1n) is 13.0. The van der Waals surface area contributed by atoms with Gasteiger partial charge in [0, 0.05) is 11.8 Å². The largest absolute Gasteiger partial charge is 0.349 e. The Bertz CT molecular complexity index is 980. The van der Waals surface area contributed by atoms with E-state index in [1.54, 1.807) is 6.20 Å². The van der Waals surface area contributed by atoms with E-state index in [0.29, 0.717) is 23.9 Å². The highest BCUT2D eigenvalue weighted by atomic mass is 16.2. The van der Waals surface area contributed by atoms with Gasteiger partial charge < -0.3 is 10.6 Å². The second kappa shape index (κ2) is 9.52. The molecule has 4 fully saturated rings. The highest BCUT2D eigenvalue weighted by Gasteiger charge is 2.51. The molecule has 6 rings (SSSR count). The number of benzene rings is 1. The first-order chi connectivity index (χ1) is 16.4. The lowest BCUT2D eigenvalue weighted by Gasteiger charge is -2.57. The Morgan fingerprint density at radius 2 is 1.62 bits per heavy atom. The number of nitrogens with zero attached hydrogens (tertiary/aromatic N) is 1. The molecule has 2 amide bonds. The van der Waals surface area contributed by atoms with Crippen LogP contribution in [0.25, 0.3) is 0 Å². The van der Waals surface area contributed by atoms with Crippen LogP contribution in [-0.2, 0) is 16.8 Å². The third kappa shape index (κ3) is 4.89. The molecular weight excluding hydrogens is 422 g/mol. The van der Waals surface area contributed by atoms with E-state index >= 15 is 0 Å². The third-order valence-electron chi connectivity index (χ3n) is 8.30. The van der Waals surface area contributed by atoms with E-state index in [2.05, 4.69) is 41.6 Å². The van der Waals surface area contributed by atoms with E-state index in [1.165, 1.54) is 44.1 Å². The van der Waals surface area contributed by atoms with Crippen molar-refractivity contribution in [1.82, 2.24) is 15.6 Å². The van der Waals surface area contributed by atoms with Crippen molar-refractivity contribution in [2.75, 3.05) is 0 Å². The molecule has 2 aromatic rings. The van der Waals surface area contributed by atoms with Crippen LogP contribution in [0.3, 0.4) is 0 Å². The van der Waals surface area contributed by atoms with Crippen LogP contribution in [0.15, 0.2) is 48.7 Å². The summed E-state index contributed by atoms with van der Waals surface area (Å²) in [6.07, 6.45) is 10.5. The highest BCUT2D eigenvalue weighted by molar-refractivity contribution is 5.97. The number of carbonyl (C=O) groups is 2. The van der Waals surface area contributed by atoms with Crippen LogP contribution in [0, 0.1) is 23.7 Å². The lowest BCUT2D eigenvalue weighted by molar-refractivity contribution is -0.123. The zero-order valence-corrected chi connectivity index (χ0v) is 20.4. The number of nitrogens with one attached hydrogen (secondary N) is 2. The first-order valence-corrected chi connectivity index (χ1v) is 13.0. The molecule has 180 valence electrons. The maximum atomic E-state index is 13.1. The predicted octanol–water partition coefficient (Wildman–Crippen LogP) is 5.01. The molecular formula is C29H37N3O2. The van der Waals surface area contributed by atoms with Gasteiger partial charge in [0.05, 0.1) is 12.2 Å². The van der Waals surface area contributed by atoms with Gasteiger partial charge in [-0.1, -0.05) is 32.0 Å². The van der Waals surface area contributed by atoms with Gasteiger partial charge in [0.25, 0.3) is 5.91 Å². The van der Waals surface area contributed by atoms with Crippen LogP contribution < -0.4 is 10.6 Å².